The molecule has 2 N–H and O–H groups in total. The molecule has 100 valence electrons. The van der Waals surface area contributed by atoms with Gasteiger partial charge in [-0.2, -0.15) is 0 Å². The highest BCUT2D eigenvalue weighted by atomic mass is 16.1. The number of nitrogens with two attached hydrogens (primary N) is 1. The SMILES string of the molecule is C=CC(C(=O)N=CN)[C@H](C=C)c1cc(C)ccc1C. The minimum absolute atomic E-state index is 0.145. The Morgan fingerprint density at radius 1 is 1.32 bits per heavy atom. The first-order valence-corrected chi connectivity index (χ1v) is 6.15. The second kappa shape index (κ2) is 6.69. The van der Waals surface area contributed by atoms with Gasteiger partial charge in [0.2, 0.25) is 0 Å². The van der Waals surface area contributed by atoms with E-state index >= 15 is 0 Å². The Labute approximate surface area is 114 Å². The van der Waals surface area contributed by atoms with Gasteiger partial charge in [0.1, 0.15) is 0 Å². The van der Waals surface area contributed by atoms with Gasteiger partial charge in [-0.25, -0.2) is 4.99 Å². The van der Waals surface area contributed by atoms with Crippen LogP contribution in [-0.4, -0.2) is 12.2 Å². The fourth-order valence-corrected chi connectivity index (χ4v) is 2.15. The topological polar surface area (TPSA) is 55.5 Å². The normalized spacial score (nSPS) is 14.0. The molecule has 0 spiro atoms. The number of aliphatic imine (C=N–C) groups is 1. The maximum Gasteiger partial charge on any atom is 0.254 e. The fraction of sp³-hybridized carbons (Fsp3) is 0.250. The quantitative estimate of drug-likeness (QED) is 0.500. The highest BCUT2D eigenvalue weighted by molar-refractivity contribution is 5.88. The molecule has 1 rings (SSSR count). The molecule has 0 aromatic heterocycles. The number of hydrogen-bond acceptors (Lipinski definition) is 1. The van der Waals surface area contributed by atoms with E-state index in [-0.39, 0.29) is 11.8 Å². The van der Waals surface area contributed by atoms with Gasteiger partial charge in [-0.1, -0.05) is 35.9 Å². The molecule has 0 bridgehead atoms. The van der Waals surface area contributed by atoms with E-state index < -0.39 is 5.92 Å². The third-order valence-electron chi connectivity index (χ3n) is 3.18. The van der Waals surface area contributed by atoms with Crippen LogP contribution in [0.15, 0.2) is 48.5 Å². The van der Waals surface area contributed by atoms with Gasteiger partial charge < -0.3 is 5.73 Å². The smallest absolute Gasteiger partial charge is 0.254 e. The van der Waals surface area contributed by atoms with Crippen molar-refractivity contribution in [3.8, 4) is 0 Å². The first kappa shape index (κ1) is 14.9. The van der Waals surface area contributed by atoms with Gasteiger partial charge in [-0.3, -0.25) is 4.79 Å². The monoisotopic (exact) mass is 256 g/mol. The fourth-order valence-electron chi connectivity index (χ4n) is 2.15. The van der Waals surface area contributed by atoms with E-state index in [1.165, 1.54) is 0 Å². The minimum atomic E-state index is -0.446. The van der Waals surface area contributed by atoms with E-state index in [1.54, 1.807) is 12.2 Å². The Morgan fingerprint density at radius 3 is 2.53 bits per heavy atom. The lowest BCUT2D eigenvalue weighted by atomic mass is 9.83. The molecule has 0 heterocycles. The third kappa shape index (κ3) is 3.41. The number of rotatable bonds is 5. The molecule has 0 aliphatic carbocycles. The first-order valence-electron chi connectivity index (χ1n) is 6.15. The molecular formula is C16H20N2O. The molecule has 0 radical (unpaired) electrons. The van der Waals surface area contributed by atoms with E-state index in [9.17, 15) is 4.79 Å². The number of amides is 1. The lowest BCUT2D eigenvalue weighted by molar-refractivity contribution is -0.120. The zero-order chi connectivity index (χ0) is 14.4. The van der Waals surface area contributed by atoms with Gasteiger partial charge in [0, 0.05) is 5.92 Å². The Kier molecular flexibility index (Phi) is 5.24. The Bertz CT molecular complexity index is 517. The molecule has 1 amide bonds. The standard InChI is InChI=1S/C16H20N2O/c1-5-13(14(6-2)16(19)18-10-17)15-9-11(3)7-8-12(15)4/h5-10,13-14H,1-2H2,3-4H3,(H2,17,18,19)/t13-,14?/m0/s1. The summed E-state index contributed by atoms with van der Waals surface area (Å²) in [7, 11) is 0. The number of allylic oxidation sites excluding steroid dienone is 1. The Morgan fingerprint density at radius 2 is 2.00 bits per heavy atom. The van der Waals surface area contributed by atoms with Gasteiger partial charge in [0.15, 0.2) is 0 Å². The Balaban J connectivity index is 3.24. The van der Waals surface area contributed by atoms with Crippen molar-refractivity contribution < 1.29 is 4.79 Å². The number of nitrogens with zero attached hydrogens (tertiary/aromatic N) is 1. The largest absolute Gasteiger partial charge is 0.390 e. The van der Waals surface area contributed by atoms with Crippen molar-refractivity contribution in [2.45, 2.75) is 19.8 Å². The van der Waals surface area contributed by atoms with Crippen LogP contribution in [0, 0.1) is 19.8 Å². The number of aryl methyl sites for hydroxylation is 2. The molecule has 1 aromatic rings. The van der Waals surface area contributed by atoms with Crippen LogP contribution < -0.4 is 5.73 Å². The van der Waals surface area contributed by atoms with Crippen molar-refractivity contribution in [1.29, 1.82) is 0 Å². The van der Waals surface area contributed by atoms with Crippen LogP contribution in [0.2, 0.25) is 0 Å². The highest BCUT2D eigenvalue weighted by Gasteiger charge is 2.25. The van der Waals surface area contributed by atoms with E-state index in [0.29, 0.717) is 0 Å². The molecule has 0 aliphatic heterocycles. The van der Waals surface area contributed by atoms with E-state index in [1.807, 2.05) is 26.0 Å². The summed E-state index contributed by atoms with van der Waals surface area (Å²) in [4.78, 5) is 15.6. The van der Waals surface area contributed by atoms with Crippen LogP contribution in [-0.2, 0) is 4.79 Å². The van der Waals surface area contributed by atoms with Crippen molar-refractivity contribution in [1.82, 2.24) is 0 Å². The van der Waals surface area contributed by atoms with Gasteiger partial charge in [0.25, 0.3) is 5.91 Å². The summed E-state index contributed by atoms with van der Waals surface area (Å²) < 4.78 is 0. The number of benzene rings is 1. The number of hydrogen-bond donors (Lipinski definition) is 1. The van der Waals surface area contributed by atoms with Crippen molar-refractivity contribution in [2.75, 3.05) is 0 Å². The molecule has 0 saturated heterocycles. The van der Waals surface area contributed by atoms with E-state index in [0.717, 1.165) is 23.0 Å². The van der Waals surface area contributed by atoms with Crippen molar-refractivity contribution >= 4 is 12.2 Å². The van der Waals surface area contributed by atoms with Crippen molar-refractivity contribution in [3.05, 3.63) is 60.2 Å². The maximum atomic E-state index is 11.9. The molecule has 1 aromatic carbocycles. The summed E-state index contributed by atoms with van der Waals surface area (Å²) in [6.45, 7) is 11.6. The van der Waals surface area contributed by atoms with Crippen LogP contribution >= 0.6 is 0 Å². The number of carbonyl (C=O) groups is 1. The summed E-state index contributed by atoms with van der Waals surface area (Å²) >= 11 is 0. The molecule has 1 unspecified atom stereocenters. The predicted molar refractivity (Wildman–Crippen MR) is 80.2 cm³/mol. The zero-order valence-corrected chi connectivity index (χ0v) is 11.5. The van der Waals surface area contributed by atoms with Crippen LogP contribution in [0.25, 0.3) is 0 Å². The molecule has 0 aliphatic rings. The summed E-state index contributed by atoms with van der Waals surface area (Å²) in [5.41, 5.74) is 8.51. The lowest BCUT2D eigenvalue weighted by Gasteiger charge is -2.21. The van der Waals surface area contributed by atoms with Crippen LogP contribution in [0.5, 0.6) is 0 Å². The molecule has 3 nitrogen and oxygen atoms in total. The maximum absolute atomic E-state index is 11.9. The van der Waals surface area contributed by atoms with Gasteiger partial charge in [0.05, 0.1) is 12.3 Å². The Hall–Kier alpha value is -2.16. The van der Waals surface area contributed by atoms with Crippen molar-refractivity contribution in [3.63, 3.8) is 0 Å². The molecule has 2 atom stereocenters. The summed E-state index contributed by atoms with van der Waals surface area (Å²) in [5.74, 6) is -0.894. The highest BCUT2D eigenvalue weighted by Crippen LogP contribution is 2.30. The lowest BCUT2D eigenvalue weighted by Crippen LogP contribution is -2.19. The van der Waals surface area contributed by atoms with Gasteiger partial charge in [-0.15, -0.1) is 13.2 Å². The second-order valence-electron chi connectivity index (χ2n) is 4.50. The van der Waals surface area contributed by atoms with Crippen LogP contribution in [0.3, 0.4) is 0 Å². The predicted octanol–water partition coefficient (Wildman–Crippen LogP) is 2.89. The molecule has 3 heteroatoms. The number of carbonyl (C=O) groups excluding carboxylic acids is 1. The average molecular weight is 256 g/mol. The average Bonchev–Trinajstić information content (AvgIpc) is 2.39. The third-order valence-corrected chi connectivity index (χ3v) is 3.18. The van der Waals surface area contributed by atoms with Gasteiger partial charge in [-0.05, 0) is 25.0 Å². The summed E-state index contributed by atoms with van der Waals surface area (Å²) in [6, 6.07) is 6.15. The first-order chi connectivity index (χ1) is 9.04. The molecule has 19 heavy (non-hydrogen) atoms. The second-order valence-corrected chi connectivity index (χ2v) is 4.50. The molecule has 0 fully saturated rings. The minimum Gasteiger partial charge on any atom is -0.390 e. The zero-order valence-electron chi connectivity index (χ0n) is 11.5. The van der Waals surface area contributed by atoms with Crippen molar-refractivity contribution in [2.24, 2.45) is 16.6 Å². The van der Waals surface area contributed by atoms with Crippen LogP contribution in [0.1, 0.15) is 22.6 Å². The molecule has 0 saturated carbocycles. The van der Waals surface area contributed by atoms with Crippen LogP contribution in [0.4, 0.5) is 0 Å². The van der Waals surface area contributed by atoms with Gasteiger partial charge >= 0.3 is 0 Å². The summed E-state index contributed by atoms with van der Waals surface area (Å²) in [5, 5.41) is 0. The van der Waals surface area contributed by atoms with E-state index in [2.05, 4.69) is 24.2 Å². The summed E-state index contributed by atoms with van der Waals surface area (Å²) in [6.07, 6.45) is 4.38. The van der Waals surface area contributed by atoms with E-state index in [4.69, 9.17) is 5.73 Å². The molecular weight excluding hydrogens is 236 g/mol.